The van der Waals surface area contributed by atoms with Gasteiger partial charge in [-0.15, -0.1) is 0 Å². The molecule has 0 aromatic heterocycles. The molecule has 1 N–H and O–H groups in total. The second-order valence-corrected chi connectivity index (χ2v) is 6.61. The molecule has 0 aliphatic carbocycles. The molecule has 0 radical (unpaired) electrons. The van der Waals surface area contributed by atoms with Gasteiger partial charge in [0.05, 0.1) is 7.11 Å². The highest BCUT2D eigenvalue weighted by atomic mass is 16.5. The van der Waals surface area contributed by atoms with Crippen molar-refractivity contribution in [1.82, 2.24) is 0 Å². The largest absolute Gasteiger partial charge is 0.493 e. The van der Waals surface area contributed by atoms with Crippen molar-refractivity contribution in [2.24, 2.45) is 0 Å². The van der Waals surface area contributed by atoms with Crippen molar-refractivity contribution in [2.45, 2.75) is 26.2 Å². The van der Waals surface area contributed by atoms with Gasteiger partial charge in [-0.05, 0) is 35.2 Å². The van der Waals surface area contributed by atoms with Gasteiger partial charge in [-0.25, -0.2) is 4.79 Å². The van der Waals surface area contributed by atoms with E-state index in [1.165, 1.54) is 18.7 Å². The maximum atomic E-state index is 11.3. The Morgan fingerprint density at radius 1 is 1.00 bits per heavy atom. The molecule has 0 saturated heterocycles. The van der Waals surface area contributed by atoms with E-state index in [-0.39, 0.29) is 23.3 Å². The molecular formula is C20H24O5. The summed E-state index contributed by atoms with van der Waals surface area (Å²) in [6, 6.07) is 12.7. The second-order valence-electron chi connectivity index (χ2n) is 6.61. The van der Waals surface area contributed by atoms with Crippen molar-refractivity contribution in [2.75, 3.05) is 20.3 Å². The predicted molar refractivity (Wildman–Crippen MR) is 96.1 cm³/mol. The lowest BCUT2D eigenvalue weighted by Crippen LogP contribution is -2.13. The molecule has 134 valence electrons. The molecule has 0 fully saturated rings. The molecule has 0 aliphatic rings. The lowest BCUT2D eigenvalue weighted by Gasteiger charge is -2.19. The highest BCUT2D eigenvalue weighted by molar-refractivity contribution is 5.92. The highest BCUT2D eigenvalue weighted by Crippen LogP contribution is 2.31. The third-order valence-corrected chi connectivity index (χ3v) is 3.75. The van der Waals surface area contributed by atoms with Crippen LogP contribution in [0.3, 0.4) is 0 Å². The van der Waals surface area contributed by atoms with E-state index in [9.17, 15) is 9.90 Å². The number of carboxylic acid groups (broad SMARTS) is 1. The number of ether oxygens (including phenoxy) is 3. The minimum absolute atomic E-state index is 0.0638. The molecule has 0 amide bonds. The van der Waals surface area contributed by atoms with Crippen LogP contribution >= 0.6 is 0 Å². The summed E-state index contributed by atoms with van der Waals surface area (Å²) in [5.74, 6) is 0.279. The average Bonchev–Trinajstić information content (AvgIpc) is 2.58. The Balaban J connectivity index is 1.95. The van der Waals surface area contributed by atoms with Crippen LogP contribution in [0.4, 0.5) is 0 Å². The van der Waals surface area contributed by atoms with Gasteiger partial charge >= 0.3 is 5.97 Å². The molecule has 0 atom stereocenters. The number of hydrogen-bond acceptors (Lipinski definition) is 4. The van der Waals surface area contributed by atoms with E-state index in [1.54, 1.807) is 12.1 Å². The summed E-state index contributed by atoms with van der Waals surface area (Å²) in [5.41, 5.74) is 1.39. The molecule has 2 rings (SSSR count). The van der Waals surface area contributed by atoms with Crippen LogP contribution in [0.15, 0.2) is 42.5 Å². The van der Waals surface area contributed by atoms with E-state index in [4.69, 9.17) is 14.2 Å². The van der Waals surface area contributed by atoms with Crippen molar-refractivity contribution >= 4 is 5.97 Å². The Labute approximate surface area is 148 Å². The van der Waals surface area contributed by atoms with Gasteiger partial charge < -0.3 is 19.3 Å². The fourth-order valence-corrected chi connectivity index (χ4v) is 2.35. The van der Waals surface area contributed by atoms with E-state index in [2.05, 4.69) is 20.8 Å². The third-order valence-electron chi connectivity index (χ3n) is 3.75. The Kier molecular flexibility index (Phi) is 5.91. The summed E-state index contributed by atoms with van der Waals surface area (Å²) < 4.78 is 16.4. The molecule has 25 heavy (non-hydrogen) atoms. The number of aromatic carboxylic acids is 1. The van der Waals surface area contributed by atoms with Gasteiger partial charge in [0.2, 0.25) is 0 Å². The summed E-state index contributed by atoms with van der Waals surface area (Å²) in [6.45, 7) is 6.98. The van der Waals surface area contributed by atoms with Crippen molar-refractivity contribution in [3.05, 3.63) is 53.6 Å². The van der Waals surface area contributed by atoms with Gasteiger partial charge in [-0.3, -0.25) is 0 Å². The number of benzene rings is 2. The normalized spacial score (nSPS) is 11.0. The van der Waals surface area contributed by atoms with E-state index >= 15 is 0 Å². The molecule has 5 nitrogen and oxygen atoms in total. The topological polar surface area (TPSA) is 65.0 Å². The summed E-state index contributed by atoms with van der Waals surface area (Å²) in [6.07, 6.45) is 0. The zero-order valence-electron chi connectivity index (χ0n) is 15.0. The van der Waals surface area contributed by atoms with Crippen LogP contribution in [-0.4, -0.2) is 31.4 Å². The SMILES string of the molecule is COc1cccc(C(=O)O)c1OCCOc1ccc(C(C)(C)C)cc1. The maximum Gasteiger partial charge on any atom is 0.339 e. The molecule has 5 heteroatoms. The van der Waals surface area contributed by atoms with Crippen LogP contribution in [0.5, 0.6) is 17.2 Å². The average molecular weight is 344 g/mol. The van der Waals surface area contributed by atoms with Gasteiger partial charge in [0.15, 0.2) is 11.5 Å². The Hall–Kier alpha value is -2.69. The minimum Gasteiger partial charge on any atom is -0.493 e. The van der Waals surface area contributed by atoms with Crippen LogP contribution < -0.4 is 14.2 Å². The molecule has 0 unspecified atom stereocenters. The minimum atomic E-state index is -1.06. The quantitative estimate of drug-likeness (QED) is 0.765. The van der Waals surface area contributed by atoms with Crippen LogP contribution in [0, 0.1) is 0 Å². The Bertz CT molecular complexity index is 714. The zero-order valence-corrected chi connectivity index (χ0v) is 15.0. The van der Waals surface area contributed by atoms with Gasteiger partial charge in [-0.2, -0.15) is 0 Å². The first kappa shape index (κ1) is 18.6. The second kappa shape index (κ2) is 7.92. The van der Waals surface area contributed by atoms with Crippen LogP contribution in [-0.2, 0) is 5.41 Å². The monoisotopic (exact) mass is 344 g/mol. The third kappa shape index (κ3) is 4.89. The summed E-state index contributed by atoms with van der Waals surface area (Å²) >= 11 is 0. The van der Waals surface area contributed by atoms with Gasteiger partial charge in [0.1, 0.15) is 24.5 Å². The number of carbonyl (C=O) groups is 1. The lowest BCUT2D eigenvalue weighted by atomic mass is 9.87. The first-order valence-electron chi connectivity index (χ1n) is 8.09. The van der Waals surface area contributed by atoms with Crippen molar-refractivity contribution in [3.8, 4) is 17.2 Å². The standard InChI is InChI=1S/C20H24O5/c1-20(2,3)14-8-10-15(11-9-14)24-12-13-25-18-16(19(21)22)6-5-7-17(18)23-4/h5-11H,12-13H2,1-4H3,(H,21,22). The van der Waals surface area contributed by atoms with Crippen molar-refractivity contribution < 1.29 is 24.1 Å². The van der Waals surface area contributed by atoms with Crippen molar-refractivity contribution in [1.29, 1.82) is 0 Å². The number of hydrogen-bond donors (Lipinski definition) is 1. The molecule has 0 aliphatic heterocycles. The first-order chi connectivity index (χ1) is 11.8. The molecule has 2 aromatic rings. The van der Waals surface area contributed by atoms with Crippen LogP contribution in [0.1, 0.15) is 36.7 Å². The molecule has 0 bridgehead atoms. The summed E-state index contributed by atoms with van der Waals surface area (Å²) in [4.78, 5) is 11.3. The zero-order chi connectivity index (χ0) is 18.4. The summed E-state index contributed by atoms with van der Waals surface area (Å²) in [7, 11) is 1.47. The number of carboxylic acids is 1. The van der Waals surface area contributed by atoms with E-state index in [0.717, 1.165) is 5.75 Å². The lowest BCUT2D eigenvalue weighted by molar-refractivity contribution is 0.0690. The van der Waals surface area contributed by atoms with Crippen LogP contribution in [0.2, 0.25) is 0 Å². The summed E-state index contributed by atoms with van der Waals surface area (Å²) in [5, 5.41) is 9.24. The highest BCUT2D eigenvalue weighted by Gasteiger charge is 2.16. The van der Waals surface area contributed by atoms with E-state index in [0.29, 0.717) is 12.4 Å². The Morgan fingerprint density at radius 2 is 1.64 bits per heavy atom. The number of methoxy groups -OCH3 is 1. The fraction of sp³-hybridized carbons (Fsp3) is 0.350. The predicted octanol–water partition coefficient (Wildman–Crippen LogP) is 4.15. The maximum absolute atomic E-state index is 11.3. The molecule has 0 spiro atoms. The number of rotatable bonds is 7. The van der Waals surface area contributed by atoms with Gasteiger partial charge in [0.25, 0.3) is 0 Å². The smallest absolute Gasteiger partial charge is 0.339 e. The molecule has 0 heterocycles. The number of para-hydroxylation sites is 1. The van der Waals surface area contributed by atoms with Gasteiger partial charge in [-0.1, -0.05) is 39.0 Å². The van der Waals surface area contributed by atoms with Crippen LogP contribution in [0.25, 0.3) is 0 Å². The van der Waals surface area contributed by atoms with E-state index in [1.807, 2.05) is 24.3 Å². The van der Waals surface area contributed by atoms with Gasteiger partial charge in [0, 0.05) is 0 Å². The van der Waals surface area contributed by atoms with E-state index < -0.39 is 5.97 Å². The Morgan fingerprint density at radius 3 is 2.20 bits per heavy atom. The molecule has 2 aromatic carbocycles. The first-order valence-corrected chi connectivity index (χ1v) is 8.09. The molecule has 0 saturated carbocycles. The molecular weight excluding hydrogens is 320 g/mol. The van der Waals surface area contributed by atoms with Crippen molar-refractivity contribution in [3.63, 3.8) is 0 Å². The fourth-order valence-electron chi connectivity index (χ4n) is 2.35.